The largest absolute Gasteiger partial charge is 0.349 e. The first-order valence-corrected chi connectivity index (χ1v) is 7.40. The van der Waals surface area contributed by atoms with Crippen LogP contribution in [0.5, 0.6) is 0 Å². The van der Waals surface area contributed by atoms with E-state index < -0.39 is 0 Å². The van der Waals surface area contributed by atoms with Crippen LogP contribution in [0.3, 0.4) is 0 Å². The van der Waals surface area contributed by atoms with E-state index >= 15 is 0 Å². The molecule has 0 bridgehead atoms. The van der Waals surface area contributed by atoms with Crippen LogP contribution >= 0.6 is 0 Å². The zero-order valence-corrected chi connectivity index (χ0v) is 12.5. The summed E-state index contributed by atoms with van der Waals surface area (Å²) in [5, 5.41) is 3.15. The molecule has 0 atom stereocenters. The molecular formula is C16H25N3O. The summed E-state index contributed by atoms with van der Waals surface area (Å²) in [6.45, 7) is 7.81. The van der Waals surface area contributed by atoms with Gasteiger partial charge in [0.05, 0.1) is 0 Å². The maximum atomic E-state index is 12.2. The smallest absolute Gasteiger partial charge is 0.251 e. The number of likely N-dealkylation sites (tertiary alicyclic amines) is 1. The first-order chi connectivity index (χ1) is 9.60. The van der Waals surface area contributed by atoms with Gasteiger partial charge in [0.25, 0.3) is 5.91 Å². The molecule has 1 aromatic rings. The number of amides is 1. The van der Waals surface area contributed by atoms with Gasteiger partial charge in [-0.1, -0.05) is 6.07 Å². The van der Waals surface area contributed by atoms with Gasteiger partial charge in [0.2, 0.25) is 0 Å². The topological polar surface area (TPSA) is 58.4 Å². The summed E-state index contributed by atoms with van der Waals surface area (Å²) in [7, 11) is 0. The van der Waals surface area contributed by atoms with Gasteiger partial charge in [-0.25, -0.2) is 0 Å². The van der Waals surface area contributed by atoms with E-state index in [0.717, 1.165) is 43.6 Å². The summed E-state index contributed by atoms with van der Waals surface area (Å²) in [6.07, 6.45) is 2.02. The lowest BCUT2D eigenvalue weighted by Crippen LogP contribution is -2.45. The Bertz CT molecular complexity index is 465. The van der Waals surface area contributed by atoms with Gasteiger partial charge in [-0.15, -0.1) is 0 Å². The molecule has 4 nitrogen and oxygen atoms in total. The second kappa shape index (κ2) is 6.86. The Morgan fingerprint density at radius 1 is 1.30 bits per heavy atom. The molecule has 0 spiro atoms. The number of piperidine rings is 1. The Morgan fingerprint density at radius 2 is 2.00 bits per heavy atom. The Hall–Kier alpha value is -1.39. The van der Waals surface area contributed by atoms with E-state index in [1.807, 2.05) is 25.1 Å². The first kappa shape index (κ1) is 15.0. The van der Waals surface area contributed by atoms with Crippen LogP contribution < -0.4 is 11.1 Å². The minimum absolute atomic E-state index is 0.0466. The van der Waals surface area contributed by atoms with Crippen LogP contribution in [0.1, 0.15) is 34.3 Å². The van der Waals surface area contributed by atoms with E-state index in [1.165, 1.54) is 5.56 Å². The summed E-state index contributed by atoms with van der Waals surface area (Å²) in [6, 6.07) is 6.17. The molecule has 2 rings (SSSR count). The predicted molar refractivity (Wildman–Crippen MR) is 81.9 cm³/mol. The Morgan fingerprint density at radius 3 is 2.60 bits per heavy atom. The molecule has 4 heteroatoms. The van der Waals surface area contributed by atoms with Crippen LogP contribution in [0.4, 0.5) is 0 Å². The fraction of sp³-hybridized carbons (Fsp3) is 0.562. The van der Waals surface area contributed by atoms with Gasteiger partial charge in [-0.05, 0) is 49.9 Å². The molecule has 1 aliphatic heterocycles. The molecule has 0 aromatic heterocycles. The quantitative estimate of drug-likeness (QED) is 0.874. The summed E-state index contributed by atoms with van der Waals surface area (Å²) in [4.78, 5) is 14.6. The van der Waals surface area contributed by atoms with Crippen molar-refractivity contribution in [2.75, 3.05) is 26.2 Å². The van der Waals surface area contributed by atoms with E-state index in [0.29, 0.717) is 6.54 Å². The highest BCUT2D eigenvalue weighted by Crippen LogP contribution is 2.13. The highest BCUT2D eigenvalue weighted by molar-refractivity contribution is 5.94. The SMILES string of the molecule is Cc1ccc(C(=O)NC2CCN(CCN)CC2)cc1C. The number of hydrogen-bond acceptors (Lipinski definition) is 3. The van der Waals surface area contributed by atoms with Crippen LogP contribution in [-0.4, -0.2) is 43.0 Å². The van der Waals surface area contributed by atoms with Gasteiger partial charge in [0.1, 0.15) is 0 Å². The maximum Gasteiger partial charge on any atom is 0.251 e. The highest BCUT2D eigenvalue weighted by atomic mass is 16.1. The molecule has 1 aliphatic rings. The third-order valence-corrected chi connectivity index (χ3v) is 4.14. The van der Waals surface area contributed by atoms with Gasteiger partial charge in [-0.3, -0.25) is 4.79 Å². The predicted octanol–water partition coefficient (Wildman–Crippen LogP) is 1.46. The molecule has 0 saturated carbocycles. The molecule has 1 heterocycles. The Balaban J connectivity index is 1.87. The number of nitrogens with one attached hydrogen (secondary N) is 1. The van der Waals surface area contributed by atoms with Crippen molar-refractivity contribution >= 4 is 5.91 Å². The van der Waals surface area contributed by atoms with Crippen molar-refractivity contribution in [3.8, 4) is 0 Å². The van der Waals surface area contributed by atoms with E-state index in [1.54, 1.807) is 0 Å². The van der Waals surface area contributed by atoms with Gasteiger partial charge in [0, 0.05) is 37.8 Å². The lowest BCUT2D eigenvalue weighted by molar-refractivity contribution is 0.0912. The van der Waals surface area contributed by atoms with Crippen LogP contribution in [0.2, 0.25) is 0 Å². The van der Waals surface area contributed by atoms with Gasteiger partial charge in [-0.2, -0.15) is 0 Å². The number of nitrogens with zero attached hydrogens (tertiary/aromatic N) is 1. The van der Waals surface area contributed by atoms with Crippen LogP contribution in [0, 0.1) is 13.8 Å². The Kier molecular flexibility index (Phi) is 5.15. The van der Waals surface area contributed by atoms with Crippen molar-refractivity contribution in [2.45, 2.75) is 32.7 Å². The second-order valence-corrected chi connectivity index (χ2v) is 5.68. The van der Waals surface area contributed by atoms with Crippen molar-refractivity contribution in [1.82, 2.24) is 10.2 Å². The summed E-state index contributed by atoms with van der Waals surface area (Å²) in [5.41, 5.74) is 8.71. The van der Waals surface area contributed by atoms with E-state index in [2.05, 4.69) is 17.1 Å². The Labute approximate surface area is 121 Å². The highest BCUT2D eigenvalue weighted by Gasteiger charge is 2.20. The normalized spacial score (nSPS) is 17.1. The summed E-state index contributed by atoms with van der Waals surface area (Å²) >= 11 is 0. The second-order valence-electron chi connectivity index (χ2n) is 5.68. The fourth-order valence-electron chi connectivity index (χ4n) is 2.63. The number of carbonyl (C=O) groups is 1. The van der Waals surface area contributed by atoms with E-state index in [-0.39, 0.29) is 11.9 Å². The third-order valence-electron chi connectivity index (χ3n) is 4.14. The summed E-state index contributed by atoms with van der Waals surface area (Å²) < 4.78 is 0. The lowest BCUT2D eigenvalue weighted by atomic mass is 10.0. The van der Waals surface area contributed by atoms with Crippen molar-refractivity contribution in [2.24, 2.45) is 5.73 Å². The van der Waals surface area contributed by atoms with Gasteiger partial charge >= 0.3 is 0 Å². The monoisotopic (exact) mass is 275 g/mol. The van der Waals surface area contributed by atoms with E-state index in [4.69, 9.17) is 5.73 Å². The lowest BCUT2D eigenvalue weighted by Gasteiger charge is -2.32. The molecule has 3 N–H and O–H groups in total. The minimum atomic E-state index is 0.0466. The molecular weight excluding hydrogens is 250 g/mol. The number of rotatable bonds is 4. The van der Waals surface area contributed by atoms with Crippen LogP contribution in [0.15, 0.2) is 18.2 Å². The first-order valence-electron chi connectivity index (χ1n) is 7.40. The van der Waals surface area contributed by atoms with Crippen molar-refractivity contribution < 1.29 is 4.79 Å². The van der Waals surface area contributed by atoms with E-state index in [9.17, 15) is 4.79 Å². The van der Waals surface area contributed by atoms with Crippen molar-refractivity contribution in [1.29, 1.82) is 0 Å². The zero-order chi connectivity index (χ0) is 14.5. The van der Waals surface area contributed by atoms with Crippen molar-refractivity contribution in [3.05, 3.63) is 34.9 Å². The number of aryl methyl sites for hydroxylation is 2. The minimum Gasteiger partial charge on any atom is -0.349 e. The van der Waals surface area contributed by atoms with Crippen molar-refractivity contribution in [3.63, 3.8) is 0 Å². The molecule has 0 unspecified atom stereocenters. The molecule has 0 aliphatic carbocycles. The number of nitrogens with two attached hydrogens (primary N) is 1. The van der Waals surface area contributed by atoms with Gasteiger partial charge < -0.3 is 16.0 Å². The molecule has 1 aromatic carbocycles. The van der Waals surface area contributed by atoms with Crippen LogP contribution in [-0.2, 0) is 0 Å². The fourth-order valence-corrected chi connectivity index (χ4v) is 2.63. The molecule has 110 valence electrons. The zero-order valence-electron chi connectivity index (χ0n) is 12.5. The van der Waals surface area contributed by atoms with Gasteiger partial charge in [0.15, 0.2) is 0 Å². The number of benzene rings is 1. The molecule has 20 heavy (non-hydrogen) atoms. The molecule has 1 saturated heterocycles. The maximum absolute atomic E-state index is 12.2. The average Bonchev–Trinajstić information content (AvgIpc) is 2.44. The van der Waals surface area contributed by atoms with Crippen LogP contribution in [0.25, 0.3) is 0 Å². The molecule has 0 radical (unpaired) electrons. The molecule has 1 fully saturated rings. The number of carbonyl (C=O) groups excluding carboxylic acids is 1. The number of hydrogen-bond donors (Lipinski definition) is 2. The molecule has 1 amide bonds. The summed E-state index contributed by atoms with van der Waals surface area (Å²) in [5.74, 6) is 0.0466. The third kappa shape index (κ3) is 3.81. The standard InChI is InChI=1S/C16H25N3O/c1-12-3-4-14(11-13(12)2)16(20)18-15-5-8-19(9-6-15)10-7-17/h3-4,11,15H,5-10,17H2,1-2H3,(H,18,20). The average molecular weight is 275 g/mol.